The smallest absolute Gasteiger partial charge is 0.254 e. The Morgan fingerprint density at radius 1 is 1.16 bits per heavy atom. The van der Waals surface area contributed by atoms with Crippen molar-refractivity contribution in [3.05, 3.63) is 93.6 Å². The number of dihydropyridines is 1. The molecule has 0 fully saturated rings. The first-order valence-corrected chi connectivity index (χ1v) is 13.4. The second kappa shape index (κ2) is 12.3. The molecule has 0 radical (unpaired) electrons. The van der Waals surface area contributed by atoms with E-state index in [1.54, 1.807) is 30.6 Å². The highest BCUT2D eigenvalue weighted by atomic mass is 32.2. The predicted octanol–water partition coefficient (Wildman–Crippen LogP) is 5.25. The number of para-hydroxylation sites is 1. The van der Waals surface area contributed by atoms with Gasteiger partial charge in [0.15, 0.2) is 5.13 Å². The van der Waals surface area contributed by atoms with Crippen LogP contribution in [0.15, 0.2) is 88.0 Å². The van der Waals surface area contributed by atoms with Crippen LogP contribution in [0.1, 0.15) is 25.3 Å². The van der Waals surface area contributed by atoms with E-state index in [2.05, 4.69) is 27.0 Å². The number of anilines is 2. The summed E-state index contributed by atoms with van der Waals surface area (Å²) in [4.78, 5) is 30.0. The van der Waals surface area contributed by atoms with E-state index < -0.39 is 5.92 Å². The zero-order chi connectivity index (χ0) is 26.2. The Labute approximate surface area is 223 Å². The zero-order valence-corrected chi connectivity index (χ0v) is 21.9. The molecule has 8 nitrogen and oxygen atoms in total. The van der Waals surface area contributed by atoms with E-state index in [1.165, 1.54) is 23.1 Å². The minimum atomic E-state index is -0.629. The molecule has 2 heterocycles. The van der Waals surface area contributed by atoms with Gasteiger partial charge < -0.3 is 20.7 Å². The molecule has 1 aliphatic heterocycles. The summed E-state index contributed by atoms with van der Waals surface area (Å²) >= 11 is 2.54. The number of nitrogens with one attached hydrogen (secondary N) is 3. The number of ether oxygens (including phenoxy) is 1. The first-order chi connectivity index (χ1) is 18.0. The quantitative estimate of drug-likeness (QED) is 0.345. The molecule has 0 spiro atoms. The highest BCUT2D eigenvalue weighted by Crippen LogP contribution is 2.41. The number of hydrogen-bond acceptors (Lipinski definition) is 8. The Balaban J connectivity index is 1.65. The lowest BCUT2D eigenvalue weighted by Gasteiger charge is -2.30. The Morgan fingerprint density at radius 2 is 1.92 bits per heavy atom. The summed E-state index contributed by atoms with van der Waals surface area (Å²) < 4.78 is 5.57. The molecule has 0 saturated carbocycles. The first kappa shape index (κ1) is 26.0. The maximum absolute atomic E-state index is 13.5. The normalized spacial score (nSPS) is 15.0. The molecule has 1 atom stereocenters. The van der Waals surface area contributed by atoms with Crippen molar-refractivity contribution in [3.8, 4) is 11.8 Å². The van der Waals surface area contributed by atoms with Gasteiger partial charge in [-0.1, -0.05) is 42.1 Å². The molecule has 2 aromatic carbocycles. The molecule has 3 aromatic rings. The Kier molecular flexibility index (Phi) is 8.61. The van der Waals surface area contributed by atoms with Gasteiger partial charge in [-0.3, -0.25) is 9.59 Å². The summed E-state index contributed by atoms with van der Waals surface area (Å²) in [6.45, 7) is 4.24. The fourth-order valence-corrected chi connectivity index (χ4v) is 5.32. The SMILES string of the molecule is CCOc1ccc([C@H]2C(C#N)=C(SCC(=O)Nc3nccs3)NC(C)=C2C(=O)Nc2ccccc2)cc1. The van der Waals surface area contributed by atoms with Gasteiger partial charge in [-0.25, -0.2) is 4.98 Å². The number of carbonyl (C=O) groups excluding carboxylic acids is 2. The van der Waals surface area contributed by atoms with Crippen molar-refractivity contribution in [3.63, 3.8) is 0 Å². The third-order valence-corrected chi connectivity index (χ3v) is 7.18. The van der Waals surface area contributed by atoms with Gasteiger partial charge in [-0.2, -0.15) is 5.26 Å². The molecule has 188 valence electrons. The van der Waals surface area contributed by atoms with E-state index >= 15 is 0 Å². The Hall–Kier alpha value is -4.07. The van der Waals surface area contributed by atoms with Crippen molar-refractivity contribution >= 4 is 45.7 Å². The van der Waals surface area contributed by atoms with Crippen LogP contribution < -0.4 is 20.7 Å². The first-order valence-electron chi connectivity index (χ1n) is 11.5. The largest absolute Gasteiger partial charge is 0.494 e. The molecule has 3 N–H and O–H groups in total. The van der Waals surface area contributed by atoms with Gasteiger partial charge >= 0.3 is 0 Å². The summed E-state index contributed by atoms with van der Waals surface area (Å²) in [6.07, 6.45) is 1.62. The number of nitrogens with zero attached hydrogens (tertiary/aromatic N) is 2. The molecule has 0 unspecified atom stereocenters. The second-order valence-corrected chi connectivity index (χ2v) is 9.83. The Bertz CT molecular complexity index is 1360. The predicted molar refractivity (Wildman–Crippen MR) is 147 cm³/mol. The van der Waals surface area contributed by atoms with Crippen LogP contribution in [-0.2, 0) is 9.59 Å². The fraction of sp³-hybridized carbons (Fsp3) is 0.185. The van der Waals surface area contributed by atoms with Gasteiger partial charge in [-0.05, 0) is 43.7 Å². The minimum Gasteiger partial charge on any atom is -0.494 e. The fourth-order valence-electron chi connectivity index (χ4n) is 3.88. The molecule has 0 saturated heterocycles. The third-order valence-electron chi connectivity index (χ3n) is 5.47. The zero-order valence-electron chi connectivity index (χ0n) is 20.3. The van der Waals surface area contributed by atoms with Crippen molar-refractivity contribution in [1.82, 2.24) is 10.3 Å². The lowest BCUT2D eigenvalue weighted by molar-refractivity contribution is -0.114. The summed E-state index contributed by atoms with van der Waals surface area (Å²) in [6, 6.07) is 18.8. The van der Waals surface area contributed by atoms with Crippen LogP contribution in [0.25, 0.3) is 0 Å². The molecule has 10 heteroatoms. The summed E-state index contributed by atoms with van der Waals surface area (Å²) in [5.41, 5.74) is 2.82. The van der Waals surface area contributed by atoms with Gasteiger partial charge in [0.25, 0.3) is 5.91 Å². The standard InChI is InChI=1S/C27H25N5O3S2/c1-3-35-20-11-9-18(10-12-20)24-21(15-28)26(37-16-22(33)32-27-29-13-14-36-27)30-17(2)23(24)25(34)31-19-7-5-4-6-8-19/h4-14,24,30H,3,16H2,1-2H3,(H,31,34)(H,29,32,33)/t24-/m0/s1. The number of benzene rings is 2. The highest BCUT2D eigenvalue weighted by molar-refractivity contribution is 8.03. The van der Waals surface area contributed by atoms with E-state index in [0.29, 0.717) is 45.0 Å². The van der Waals surface area contributed by atoms with Crippen molar-refractivity contribution in [2.75, 3.05) is 23.0 Å². The third kappa shape index (κ3) is 6.39. The molecule has 1 aromatic heterocycles. The maximum atomic E-state index is 13.5. The lowest BCUT2D eigenvalue weighted by Crippen LogP contribution is -2.31. The van der Waals surface area contributed by atoms with Crippen LogP contribution in [-0.4, -0.2) is 29.2 Å². The van der Waals surface area contributed by atoms with Crippen molar-refractivity contribution in [1.29, 1.82) is 5.26 Å². The number of allylic oxidation sites excluding steroid dienone is 2. The Morgan fingerprint density at radius 3 is 2.57 bits per heavy atom. The maximum Gasteiger partial charge on any atom is 0.254 e. The van der Waals surface area contributed by atoms with Crippen LogP contribution in [0.5, 0.6) is 5.75 Å². The number of thiazole rings is 1. The number of carbonyl (C=O) groups is 2. The average molecular weight is 532 g/mol. The van der Waals surface area contributed by atoms with E-state index in [9.17, 15) is 14.9 Å². The number of aromatic nitrogens is 1. The van der Waals surface area contributed by atoms with Crippen LogP contribution in [0, 0.1) is 11.3 Å². The molecule has 1 aliphatic rings. The number of thioether (sulfide) groups is 1. The molecular formula is C27H25N5O3S2. The van der Waals surface area contributed by atoms with E-state index in [1.807, 2.05) is 49.4 Å². The van der Waals surface area contributed by atoms with Gasteiger partial charge in [0.2, 0.25) is 5.91 Å². The average Bonchev–Trinajstić information content (AvgIpc) is 3.41. The monoisotopic (exact) mass is 531 g/mol. The van der Waals surface area contributed by atoms with E-state index in [4.69, 9.17) is 4.74 Å². The minimum absolute atomic E-state index is 0.0713. The highest BCUT2D eigenvalue weighted by Gasteiger charge is 2.35. The molecule has 2 amide bonds. The molecule has 4 rings (SSSR count). The van der Waals surface area contributed by atoms with E-state index in [-0.39, 0.29) is 17.6 Å². The van der Waals surface area contributed by atoms with Gasteiger partial charge in [-0.15, -0.1) is 11.3 Å². The van der Waals surface area contributed by atoms with Crippen LogP contribution in [0.4, 0.5) is 10.8 Å². The molecule has 0 bridgehead atoms. The second-order valence-electron chi connectivity index (χ2n) is 7.95. The van der Waals surface area contributed by atoms with E-state index in [0.717, 1.165) is 5.56 Å². The number of nitriles is 1. The summed E-state index contributed by atoms with van der Waals surface area (Å²) in [5.74, 6) is -0.406. The topological polar surface area (TPSA) is 116 Å². The summed E-state index contributed by atoms with van der Waals surface area (Å²) in [5, 5.41) is 21.9. The molecular weight excluding hydrogens is 506 g/mol. The van der Waals surface area contributed by atoms with Gasteiger partial charge in [0.1, 0.15) is 5.75 Å². The van der Waals surface area contributed by atoms with Crippen LogP contribution in [0.2, 0.25) is 0 Å². The van der Waals surface area contributed by atoms with Crippen molar-refractivity contribution in [2.24, 2.45) is 0 Å². The van der Waals surface area contributed by atoms with Crippen LogP contribution >= 0.6 is 23.1 Å². The summed E-state index contributed by atoms with van der Waals surface area (Å²) in [7, 11) is 0. The lowest BCUT2D eigenvalue weighted by atomic mass is 9.82. The number of rotatable bonds is 9. The van der Waals surface area contributed by atoms with Crippen LogP contribution in [0.3, 0.4) is 0 Å². The molecule has 0 aliphatic carbocycles. The van der Waals surface area contributed by atoms with Crippen molar-refractivity contribution < 1.29 is 14.3 Å². The number of amides is 2. The van der Waals surface area contributed by atoms with Gasteiger partial charge in [0.05, 0.1) is 34.9 Å². The number of hydrogen-bond donors (Lipinski definition) is 3. The molecule has 37 heavy (non-hydrogen) atoms. The van der Waals surface area contributed by atoms with Gasteiger partial charge in [0, 0.05) is 28.5 Å². The van der Waals surface area contributed by atoms with Crippen molar-refractivity contribution in [2.45, 2.75) is 19.8 Å².